The van der Waals surface area contributed by atoms with Gasteiger partial charge in [-0.25, -0.2) is 0 Å². The maximum Gasteiger partial charge on any atom is 0.298 e. The Morgan fingerprint density at radius 3 is 2.64 bits per heavy atom. The number of aromatic amines is 1. The van der Waals surface area contributed by atoms with Crippen LogP contribution in [0.3, 0.4) is 0 Å². The quantitative estimate of drug-likeness (QED) is 0.339. The van der Waals surface area contributed by atoms with Crippen molar-refractivity contribution < 1.29 is 29.9 Å². The van der Waals surface area contributed by atoms with Crippen LogP contribution in [0, 0.1) is 0 Å². The molecule has 0 radical (unpaired) electrons. The van der Waals surface area contributed by atoms with Gasteiger partial charge in [-0.05, 0) is 15.9 Å². The molecular formula is C11H16BrN3O7. The molecule has 0 saturated carbocycles. The standard InChI is InChI=1S/C11H16BrN3O7/c1-21-11-14-8(4(12)9(20)15-11)13-10-7(19)6(18)5(17)3(2-16)22-10/h3,5-7,10,16-19H,2H2,1H3,(H2,13,14,15,20). The van der Waals surface area contributed by atoms with Crippen LogP contribution >= 0.6 is 15.9 Å². The lowest BCUT2D eigenvalue weighted by Crippen LogP contribution is -2.60. The first-order valence-electron chi connectivity index (χ1n) is 6.30. The number of halogens is 1. The summed E-state index contributed by atoms with van der Waals surface area (Å²) in [6.45, 7) is -0.559. The minimum atomic E-state index is -1.54. The van der Waals surface area contributed by atoms with E-state index in [9.17, 15) is 20.1 Å². The van der Waals surface area contributed by atoms with E-state index in [4.69, 9.17) is 14.6 Å². The largest absolute Gasteiger partial charge is 0.468 e. The number of aliphatic hydroxyl groups excluding tert-OH is 4. The average molecular weight is 382 g/mol. The predicted molar refractivity (Wildman–Crippen MR) is 76.5 cm³/mol. The van der Waals surface area contributed by atoms with Gasteiger partial charge in [-0.3, -0.25) is 9.78 Å². The molecule has 1 aromatic heterocycles. The molecule has 124 valence electrons. The molecule has 0 bridgehead atoms. The zero-order valence-corrected chi connectivity index (χ0v) is 13.0. The number of rotatable bonds is 4. The zero-order valence-electron chi connectivity index (χ0n) is 11.4. The second kappa shape index (κ2) is 6.89. The summed E-state index contributed by atoms with van der Waals surface area (Å²) < 4.78 is 10.1. The fourth-order valence-electron chi connectivity index (χ4n) is 1.99. The number of aliphatic hydroxyl groups is 4. The summed E-state index contributed by atoms with van der Waals surface area (Å²) in [5.41, 5.74) is -0.529. The minimum absolute atomic E-state index is 0.00456. The minimum Gasteiger partial charge on any atom is -0.468 e. The molecule has 1 aliphatic rings. The molecule has 0 aliphatic carbocycles. The summed E-state index contributed by atoms with van der Waals surface area (Å²) in [4.78, 5) is 18.0. The van der Waals surface area contributed by atoms with Crippen LogP contribution in [-0.4, -0.2) is 74.8 Å². The Hall–Kier alpha value is -1.24. The molecule has 11 heteroatoms. The van der Waals surface area contributed by atoms with E-state index in [-0.39, 0.29) is 16.3 Å². The third-order valence-corrected chi connectivity index (χ3v) is 3.94. The predicted octanol–water partition coefficient (Wildman–Crippen LogP) is -2.25. The zero-order chi connectivity index (χ0) is 16.4. The van der Waals surface area contributed by atoms with Crippen LogP contribution in [0.2, 0.25) is 0 Å². The molecule has 1 aliphatic heterocycles. The highest BCUT2D eigenvalue weighted by atomic mass is 79.9. The normalized spacial score (nSPS) is 31.8. The summed E-state index contributed by atoms with van der Waals surface area (Å²) in [6, 6.07) is -0.0692. The van der Waals surface area contributed by atoms with Gasteiger partial charge in [-0.2, -0.15) is 4.98 Å². The third-order valence-electron chi connectivity index (χ3n) is 3.21. The number of hydrogen-bond acceptors (Lipinski definition) is 9. The van der Waals surface area contributed by atoms with Crippen molar-refractivity contribution in [2.75, 3.05) is 19.0 Å². The van der Waals surface area contributed by atoms with Crippen LogP contribution in [0.25, 0.3) is 0 Å². The van der Waals surface area contributed by atoms with E-state index in [1.807, 2.05) is 0 Å². The number of H-pyrrole nitrogens is 1. The van der Waals surface area contributed by atoms with E-state index in [0.29, 0.717) is 0 Å². The van der Waals surface area contributed by atoms with E-state index < -0.39 is 42.8 Å². The third kappa shape index (κ3) is 3.24. The Bertz CT molecular complexity index is 581. The van der Waals surface area contributed by atoms with Crippen molar-refractivity contribution in [1.29, 1.82) is 0 Å². The first-order chi connectivity index (χ1) is 10.4. The monoisotopic (exact) mass is 381 g/mol. The van der Waals surface area contributed by atoms with E-state index >= 15 is 0 Å². The average Bonchev–Trinajstić information content (AvgIpc) is 2.51. The molecule has 0 amide bonds. The van der Waals surface area contributed by atoms with Crippen LogP contribution in [-0.2, 0) is 4.74 Å². The van der Waals surface area contributed by atoms with Crippen molar-refractivity contribution in [3.63, 3.8) is 0 Å². The molecule has 2 heterocycles. The van der Waals surface area contributed by atoms with Gasteiger partial charge in [0.2, 0.25) is 0 Å². The molecule has 5 atom stereocenters. The Morgan fingerprint density at radius 1 is 1.36 bits per heavy atom. The number of aromatic nitrogens is 2. The first kappa shape index (κ1) is 17.1. The Morgan fingerprint density at radius 2 is 2.05 bits per heavy atom. The van der Waals surface area contributed by atoms with Crippen molar-refractivity contribution in [1.82, 2.24) is 9.97 Å². The lowest BCUT2D eigenvalue weighted by Gasteiger charge is -2.40. The summed E-state index contributed by atoms with van der Waals surface area (Å²) in [5, 5.41) is 41.1. The first-order valence-corrected chi connectivity index (χ1v) is 7.09. The van der Waals surface area contributed by atoms with E-state index in [1.54, 1.807) is 0 Å². The van der Waals surface area contributed by atoms with Crippen molar-refractivity contribution in [2.24, 2.45) is 0 Å². The van der Waals surface area contributed by atoms with Gasteiger partial charge in [0.25, 0.3) is 11.6 Å². The lowest BCUT2D eigenvalue weighted by atomic mass is 9.98. The van der Waals surface area contributed by atoms with E-state index in [0.717, 1.165) is 0 Å². The molecule has 6 N–H and O–H groups in total. The molecule has 5 unspecified atom stereocenters. The highest BCUT2D eigenvalue weighted by molar-refractivity contribution is 9.10. The van der Waals surface area contributed by atoms with Crippen LogP contribution in [0.1, 0.15) is 0 Å². The van der Waals surface area contributed by atoms with E-state index in [2.05, 4.69) is 31.2 Å². The molecule has 1 saturated heterocycles. The molecule has 0 aromatic carbocycles. The van der Waals surface area contributed by atoms with Crippen LogP contribution in [0.4, 0.5) is 5.82 Å². The molecule has 22 heavy (non-hydrogen) atoms. The summed E-state index contributed by atoms with van der Waals surface area (Å²) >= 11 is 3.03. The SMILES string of the molecule is COc1nc(NC2OC(CO)C(O)C(O)C2O)c(Br)c(=O)[nH]1. The van der Waals surface area contributed by atoms with Crippen molar-refractivity contribution in [3.8, 4) is 6.01 Å². The van der Waals surface area contributed by atoms with Gasteiger partial charge in [0.05, 0.1) is 13.7 Å². The number of nitrogens with one attached hydrogen (secondary N) is 2. The summed E-state index contributed by atoms with van der Waals surface area (Å²) in [7, 11) is 1.31. The number of methoxy groups -OCH3 is 1. The Balaban J connectivity index is 2.26. The topological polar surface area (TPSA) is 157 Å². The van der Waals surface area contributed by atoms with Gasteiger partial charge in [-0.15, -0.1) is 0 Å². The number of nitrogens with zero attached hydrogens (tertiary/aromatic N) is 1. The van der Waals surface area contributed by atoms with Crippen molar-refractivity contribution in [3.05, 3.63) is 14.8 Å². The number of ether oxygens (including phenoxy) is 2. The molecule has 1 fully saturated rings. The highest BCUT2D eigenvalue weighted by Gasteiger charge is 2.43. The summed E-state index contributed by atoms with van der Waals surface area (Å²) in [5.74, 6) is 0.00456. The maximum absolute atomic E-state index is 11.7. The lowest BCUT2D eigenvalue weighted by molar-refractivity contribution is -0.221. The Labute approximate surface area is 132 Å². The van der Waals surface area contributed by atoms with Crippen LogP contribution in [0.5, 0.6) is 6.01 Å². The van der Waals surface area contributed by atoms with Crippen molar-refractivity contribution >= 4 is 21.7 Å². The molecule has 10 nitrogen and oxygen atoms in total. The van der Waals surface area contributed by atoms with Gasteiger partial charge in [0.1, 0.15) is 28.9 Å². The second-order valence-electron chi connectivity index (χ2n) is 4.63. The fourth-order valence-corrected chi connectivity index (χ4v) is 2.29. The molecule has 0 spiro atoms. The van der Waals surface area contributed by atoms with Gasteiger partial charge in [0.15, 0.2) is 12.0 Å². The number of anilines is 1. The Kier molecular flexibility index (Phi) is 5.36. The van der Waals surface area contributed by atoms with Gasteiger partial charge in [-0.1, -0.05) is 0 Å². The van der Waals surface area contributed by atoms with Crippen molar-refractivity contribution in [2.45, 2.75) is 30.6 Å². The smallest absolute Gasteiger partial charge is 0.298 e. The second-order valence-corrected chi connectivity index (χ2v) is 5.42. The fraction of sp³-hybridized carbons (Fsp3) is 0.636. The van der Waals surface area contributed by atoms with Gasteiger partial charge in [0, 0.05) is 0 Å². The maximum atomic E-state index is 11.7. The highest BCUT2D eigenvalue weighted by Crippen LogP contribution is 2.25. The molecule has 2 rings (SSSR count). The van der Waals surface area contributed by atoms with Gasteiger partial charge >= 0.3 is 0 Å². The molecular weight excluding hydrogens is 366 g/mol. The van der Waals surface area contributed by atoms with E-state index in [1.165, 1.54) is 7.11 Å². The van der Waals surface area contributed by atoms with Gasteiger partial charge < -0.3 is 35.2 Å². The number of hydrogen-bond donors (Lipinski definition) is 6. The molecule has 1 aromatic rings. The summed E-state index contributed by atoms with van der Waals surface area (Å²) in [6.07, 6.45) is -6.78. The van der Waals surface area contributed by atoms with Crippen LogP contribution < -0.4 is 15.6 Å². The van der Waals surface area contributed by atoms with Crippen LogP contribution in [0.15, 0.2) is 9.27 Å².